The van der Waals surface area contributed by atoms with E-state index in [9.17, 15) is 8.42 Å². The summed E-state index contributed by atoms with van der Waals surface area (Å²) in [5, 5.41) is 3.15. The highest BCUT2D eigenvalue weighted by Crippen LogP contribution is 2.21. The second-order valence-electron chi connectivity index (χ2n) is 4.20. The van der Waals surface area contributed by atoms with Crippen molar-refractivity contribution in [3.63, 3.8) is 0 Å². The van der Waals surface area contributed by atoms with Gasteiger partial charge in [0.2, 0.25) is 5.95 Å². The Morgan fingerprint density at radius 2 is 2.44 bits per heavy atom. The lowest BCUT2D eigenvalue weighted by atomic mass is 10.1. The standard InChI is InChI=1S/C10H17N3O2S/c1-2-11-10-12-4-5-13(10)7-9-3-6-16(14,15)8-9/h4-5,9H,2-3,6-8H2,1H3,(H,11,12). The van der Waals surface area contributed by atoms with Crippen molar-refractivity contribution in [1.29, 1.82) is 0 Å². The molecule has 0 saturated carbocycles. The molecule has 1 saturated heterocycles. The highest BCUT2D eigenvalue weighted by molar-refractivity contribution is 7.91. The Labute approximate surface area is 95.8 Å². The third kappa shape index (κ3) is 2.55. The molecule has 0 amide bonds. The molecule has 1 fully saturated rings. The Bertz CT molecular complexity index is 452. The first kappa shape index (κ1) is 11.4. The molecule has 2 rings (SSSR count). The number of anilines is 1. The molecule has 1 aromatic rings. The van der Waals surface area contributed by atoms with Crippen LogP contribution in [0.3, 0.4) is 0 Å². The van der Waals surface area contributed by atoms with Crippen molar-refractivity contribution in [2.45, 2.75) is 19.9 Å². The van der Waals surface area contributed by atoms with E-state index >= 15 is 0 Å². The van der Waals surface area contributed by atoms with Gasteiger partial charge in [-0.05, 0) is 19.3 Å². The maximum atomic E-state index is 11.3. The van der Waals surface area contributed by atoms with E-state index in [-0.39, 0.29) is 5.92 Å². The molecule has 90 valence electrons. The number of aromatic nitrogens is 2. The second kappa shape index (κ2) is 4.45. The van der Waals surface area contributed by atoms with Crippen LogP contribution in [0.2, 0.25) is 0 Å². The zero-order chi connectivity index (χ0) is 11.6. The predicted octanol–water partition coefficient (Wildman–Crippen LogP) is 0.750. The topological polar surface area (TPSA) is 64.0 Å². The van der Waals surface area contributed by atoms with E-state index in [1.807, 2.05) is 17.7 Å². The molecule has 0 aromatic carbocycles. The molecule has 1 atom stereocenters. The summed E-state index contributed by atoms with van der Waals surface area (Å²) in [6.07, 6.45) is 4.40. The van der Waals surface area contributed by atoms with Gasteiger partial charge in [0.05, 0.1) is 11.5 Å². The first-order valence-electron chi connectivity index (χ1n) is 5.56. The molecule has 1 aliphatic rings. The summed E-state index contributed by atoms with van der Waals surface area (Å²) in [6, 6.07) is 0. The number of nitrogens with one attached hydrogen (secondary N) is 1. The van der Waals surface area contributed by atoms with E-state index in [1.54, 1.807) is 6.20 Å². The molecule has 1 aliphatic heterocycles. The van der Waals surface area contributed by atoms with Crippen LogP contribution < -0.4 is 5.32 Å². The number of nitrogens with zero attached hydrogens (tertiary/aromatic N) is 2. The molecule has 16 heavy (non-hydrogen) atoms. The van der Waals surface area contributed by atoms with Crippen LogP contribution in [0.5, 0.6) is 0 Å². The van der Waals surface area contributed by atoms with Crippen LogP contribution in [0, 0.1) is 5.92 Å². The van der Waals surface area contributed by atoms with Crippen LogP contribution in [0.25, 0.3) is 0 Å². The van der Waals surface area contributed by atoms with Gasteiger partial charge in [0, 0.05) is 25.5 Å². The first-order chi connectivity index (χ1) is 7.61. The molecule has 2 heterocycles. The third-order valence-electron chi connectivity index (χ3n) is 2.83. The van der Waals surface area contributed by atoms with Crippen LogP contribution in [0.1, 0.15) is 13.3 Å². The van der Waals surface area contributed by atoms with Crippen molar-refractivity contribution in [3.05, 3.63) is 12.4 Å². The van der Waals surface area contributed by atoms with Crippen LogP contribution in [0.15, 0.2) is 12.4 Å². The van der Waals surface area contributed by atoms with Crippen molar-refractivity contribution >= 4 is 15.8 Å². The zero-order valence-corrected chi connectivity index (χ0v) is 10.2. The summed E-state index contributed by atoms with van der Waals surface area (Å²) in [6.45, 7) is 3.57. The number of hydrogen-bond donors (Lipinski definition) is 1. The van der Waals surface area contributed by atoms with Gasteiger partial charge < -0.3 is 9.88 Å². The van der Waals surface area contributed by atoms with Gasteiger partial charge in [-0.25, -0.2) is 13.4 Å². The predicted molar refractivity (Wildman–Crippen MR) is 63.2 cm³/mol. The fourth-order valence-electron chi connectivity index (χ4n) is 2.08. The molecule has 1 aromatic heterocycles. The van der Waals surface area contributed by atoms with E-state index < -0.39 is 9.84 Å². The molecular weight excluding hydrogens is 226 g/mol. The molecule has 0 spiro atoms. The Hall–Kier alpha value is -1.04. The molecular formula is C10H17N3O2S. The van der Waals surface area contributed by atoms with Gasteiger partial charge in [-0.2, -0.15) is 0 Å². The molecule has 0 aliphatic carbocycles. The lowest BCUT2D eigenvalue weighted by Gasteiger charge is -2.12. The van der Waals surface area contributed by atoms with Crippen molar-refractivity contribution in [2.75, 3.05) is 23.4 Å². The van der Waals surface area contributed by atoms with Gasteiger partial charge >= 0.3 is 0 Å². The van der Waals surface area contributed by atoms with E-state index in [1.165, 1.54) is 0 Å². The van der Waals surface area contributed by atoms with Gasteiger partial charge in [0.15, 0.2) is 9.84 Å². The summed E-state index contributed by atoms with van der Waals surface area (Å²) in [4.78, 5) is 4.19. The van der Waals surface area contributed by atoms with Crippen molar-refractivity contribution in [2.24, 2.45) is 5.92 Å². The molecule has 6 heteroatoms. The minimum Gasteiger partial charge on any atom is -0.356 e. The van der Waals surface area contributed by atoms with E-state index in [4.69, 9.17) is 0 Å². The van der Waals surface area contributed by atoms with Gasteiger partial charge in [0.25, 0.3) is 0 Å². The fourth-order valence-corrected chi connectivity index (χ4v) is 3.93. The summed E-state index contributed by atoms with van der Waals surface area (Å²) in [5.74, 6) is 1.71. The second-order valence-corrected chi connectivity index (χ2v) is 6.43. The van der Waals surface area contributed by atoms with Crippen molar-refractivity contribution < 1.29 is 8.42 Å². The van der Waals surface area contributed by atoms with Crippen molar-refractivity contribution in [3.8, 4) is 0 Å². The molecule has 0 radical (unpaired) electrons. The first-order valence-corrected chi connectivity index (χ1v) is 7.38. The average Bonchev–Trinajstić information content (AvgIpc) is 2.76. The van der Waals surface area contributed by atoms with Gasteiger partial charge in [-0.3, -0.25) is 0 Å². The molecule has 1 unspecified atom stereocenters. The van der Waals surface area contributed by atoms with Crippen molar-refractivity contribution in [1.82, 2.24) is 9.55 Å². The van der Waals surface area contributed by atoms with Crippen LogP contribution >= 0.6 is 0 Å². The fraction of sp³-hybridized carbons (Fsp3) is 0.700. The summed E-state index contributed by atoms with van der Waals surface area (Å²) >= 11 is 0. The number of rotatable bonds is 4. The highest BCUT2D eigenvalue weighted by Gasteiger charge is 2.28. The molecule has 5 nitrogen and oxygen atoms in total. The minimum absolute atomic E-state index is 0.233. The van der Waals surface area contributed by atoms with Gasteiger partial charge in [-0.1, -0.05) is 0 Å². The van der Waals surface area contributed by atoms with Gasteiger partial charge in [0.1, 0.15) is 0 Å². The molecule has 1 N–H and O–H groups in total. The maximum absolute atomic E-state index is 11.3. The van der Waals surface area contributed by atoms with Crippen LogP contribution in [-0.4, -0.2) is 36.0 Å². The normalized spacial score (nSPS) is 23.4. The average molecular weight is 243 g/mol. The monoisotopic (exact) mass is 243 g/mol. The largest absolute Gasteiger partial charge is 0.356 e. The van der Waals surface area contributed by atoms with E-state index in [0.29, 0.717) is 11.5 Å². The maximum Gasteiger partial charge on any atom is 0.202 e. The summed E-state index contributed by atoms with van der Waals surface area (Å²) in [7, 11) is -2.78. The number of sulfone groups is 1. The van der Waals surface area contributed by atoms with Crippen LogP contribution in [0.4, 0.5) is 5.95 Å². The smallest absolute Gasteiger partial charge is 0.202 e. The quantitative estimate of drug-likeness (QED) is 0.847. The summed E-state index contributed by atoms with van der Waals surface area (Å²) < 4.78 is 24.7. The lowest BCUT2D eigenvalue weighted by molar-refractivity contribution is 0.493. The zero-order valence-electron chi connectivity index (χ0n) is 9.39. The Balaban J connectivity index is 2.02. The summed E-state index contributed by atoms with van der Waals surface area (Å²) in [5.41, 5.74) is 0. The Kier molecular flexibility index (Phi) is 3.18. The SMILES string of the molecule is CCNc1nccn1CC1CCS(=O)(=O)C1. The van der Waals surface area contributed by atoms with Crippen LogP contribution in [-0.2, 0) is 16.4 Å². The number of imidazole rings is 1. The van der Waals surface area contributed by atoms with E-state index in [0.717, 1.165) is 25.5 Å². The molecule has 0 bridgehead atoms. The number of hydrogen-bond acceptors (Lipinski definition) is 4. The Morgan fingerprint density at radius 1 is 1.62 bits per heavy atom. The minimum atomic E-state index is -2.78. The van der Waals surface area contributed by atoms with Gasteiger partial charge in [-0.15, -0.1) is 0 Å². The van der Waals surface area contributed by atoms with E-state index in [2.05, 4.69) is 10.3 Å². The highest BCUT2D eigenvalue weighted by atomic mass is 32.2. The Morgan fingerprint density at radius 3 is 3.06 bits per heavy atom. The third-order valence-corrected chi connectivity index (χ3v) is 4.67. The lowest BCUT2D eigenvalue weighted by Crippen LogP contribution is -2.14.